The zero-order chi connectivity index (χ0) is 12.0. The maximum absolute atomic E-state index is 11.4. The molecule has 0 bridgehead atoms. The quantitative estimate of drug-likeness (QED) is 0.440. The first-order chi connectivity index (χ1) is 7.65. The minimum Gasteiger partial charge on any atom is -0.317 e. The van der Waals surface area contributed by atoms with Gasteiger partial charge in [0.25, 0.3) is 11.2 Å². The second-order valence-electron chi connectivity index (χ2n) is 3.38. The van der Waals surface area contributed by atoms with Crippen molar-refractivity contribution in [2.24, 2.45) is 0 Å². The van der Waals surface area contributed by atoms with Gasteiger partial charge < -0.3 is 9.88 Å². The molecule has 1 N–H and O–H groups in total. The zero-order valence-electron chi connectivity index (χ0n) is 9.18. The number of aromatic nitrogens is 1. The lowest BCUT2D eigenvalue weighted by atomic mass is 10.3. The molecule has 0 saturated carbocycles. The Balaban J connectivity index is 2.67. The molecule has 0 amide bonds. The van der Waals surface area contributed by atoms with Gasteiger partial charge in [0.05, 0.1) is 11.1 Å². The highest BCUT2D eigenvalue weighted by molar-refractivity contribution is 5.24. The summed E-state index contributed by atoms with van der Waals surface area (Å²) in [6, 6.07) is 2.45. The molecule has 1 aromatic heterocycles. The first-order valence-corrected chi connectivity index (χ1v) is 5.20. The van der Waals surface area contributed by atoms with Gasteiger partial charge in [0.2, 0.25) is 0 Å². The largest absolute Gasteiger partial charge is 0.317 e. The number of hydrogen-bond donors (Lipinski definition) is 1. The first-order valence-electron chi connectivity index (χ1n) is 5.20. The molecule has 1 heterocycles. The van der Waals surface area contributed by atoms with Crippen LogP contribution in [0.15, 0.2) is 23.1 Å². The van der Waals surface area contributed by atoms with E-state index in [1.807, 2.05) is 6.92 Å². The van der Waals surface area contributed by atoms with E-state index in [1.165, 1.54) is 22.9 Å². The third kappa shape index (κ3) is 3.47. The summed E-state index contributed by atoms with van der Waals surface area (Å²) in [4.78, 5) is 21.4. The van der Waals surface area contributed by atoms with Crippen LogP contribution in [-0.4, -0.2) is 22.6 Å². The van der Waals surface area contributed by atoms with Crippen molar-refractivity contribution in [2.75, 3.05) is 13.1 Å². The van der Waals surface area contributed by atoms with Crippen molar-refractivity contribution in [1.29, 1.82) is 0 Å². The van der Waals surface area contributed by atoms with Crippen molar-refractivity contribution >= 4 is 5.69 Å². The molecule has 0 unspecified atom stereocenters. The van der Waals surface area contributed by atoms with Crippen LogP contribution in [0.2, 0.25) is 0 Å². The Morgan fingerprint density at radius 3 is 2.88 bits per heavy atom. The number of nitrogens with one attached hydrogen (secondary N) is 1. The molecular formula is C10H15N3O3. The van der Waals surface area contributed by atoms with Gasteiger partial charge in [0, 0.05) is 18.7 Å². The van der Waals surface area contributed by atoms with E-state index in [0.29, 0.717) is 6.54 Å². The van der Waals surface area contributed by atoms with Crippen LogP contribution in [0.4, 0.5) is 5.69 Å². The van der Waals surface area contributed by atoms with Crippen molar-refractivity contribution in [3.05, 3.63) is 38.8 Å². The minimum absolute atomic E-state index is 0.0527. The summed E-state index contributed by atoms with van der Waals surface area (Å²) >= 11 is 0. The average Bonchev–Trinajstić information content (AvgIpc) is 2.26. The van der Waals surface area contributed by atoms with Crippen LogP contribution in [0.25, 0.3) is 0 Å². The van der Waals surface area contributed by atoms with Crippen LogP contribution in [0.5, 0.6) is 0 Å². The first kappa shape index (κ1) is 12.4. The van der Waals surface area contributed by atoms with Gasteiger partial charge in [-0.25, -0.2) is 0 Å². The summed E-state index contributed by atoms with van der Waals surface area (Å²) in [5, 5.41) is 13.6. The number of nitro groups is 1. The van der Waals surface area contributed by atoms with Crippen molar-refractivity contribution in [3.8, 4) is 0 Å². The SMILES string of the molecule is CCNCCCn1cc([N+](=O)[O-])ccc1=O. The van der Waals surface area contributed by atoms with Gasteiger partial charge in [-0.05, 0) is 19.5 Å². The predicted octanol–water partition coefficient (Wildman–Crippen LogP) is 0.756. The minimum atomic E-state index is -0.500. The van der Waals surface area contributed by atoms with Crippen molar-refractivity contribution in [3.63, 3.8) is 0 Å². The van der Waals surface area contributed by atoms with E-state index in [1.54, 1.807) is 0 Å². The molecule has 1 rings (SSSR count). The van der Waals surface area contributed by atoms with Crippen molar-refractivity contribution in [2.45, 2.75) is 19.9 Å². The van der Waals surface area contributed by atoms with Crippen molar-refractivity contribution < 1.29 is 4.92 Å². The van der Waals surface area contributed by atoms with Crippen LogP contribution in [0.3, 0.4) is 0 Å². The number of aryl methyl sites for hydroxylation is 1. The summed E-state index contributed by atoms with van der Waals surface area (Å²) in [5.74, 6) is 0. The lowest BCUT2D eigenvalue weighted by molar-refractivity contribution is -0.385. The van der Waals surface area contributed by atoms with Crippen molar-refractivity contribution in [1.82, 2.24) is 9.88 Å². The van der Waals surface area contributed by atoms with E-state index in [2.05, 4.69) is 5.32 Å². The van der Waals surface area contributed by atoms with Crippen LogP contribution >= 0.6 is 0 Å². The molecule has 0 spiro atoms. The van der Waals surface area contributed by atoms with Crippen LogP contribution < -0.4 is 10.9 Å². The van der Waals surface area contributed by atoms with Gasteiger partial charge in [-0.2, -0.15) is 0 Å². The Morgan fingerprint density at radius 1 is 1.50 bits per heavy atom. The summed E-state index contributed by atoms with van der Waals surface area (Å²) in [6.45, 7) is 4.17. The molecule has 0 radical (unpaired) electrons. The molecule has 88 valence electrons. The number of hydrogen-bond acceptors (Lipinski definition) is 4. The van der Waals surface area contributed by atoms with Gasteiger partial charge >= 0.3 is 0 Å². The van der Waals surface area contributed by atoms with E-state index in [4.69, 9.17) is 0 Å². The summed E-state index contributed by atoms with van der Waals surface area (Å²) < 4.78 is 1.37. The topological polar surface area (TPSA) is 77.2 Å². The maximum atomic E-state index is 11.4. The molecule has 6 nitrogen and oxygen atoms in total. The Hall–Kier alpha value is -1.69. The highest BCUT2D eigenvalue weighted by Gasteiger charge is 2.06. The molecule has 0 saturated heterocycles. The lowest BCUT2D eigenvalue weighted by Gasteiger charge is -2.05. The van der Waals surface area contributed by atoms with Crippen LogP contribution in [0.1, 0.15) is 13.3 Å². The molecule has 16 heavy (non-hydrogen) atoms. The second kappa shape index (κ2) is 6.02. The maximum Gasteiger partial charge on any atom is 0.285 e. The Kier molecular flexibility index (Phi) is 4.65. The summed E-state index contributed by atoms with van der Waals surface area (Å²) in [5.41, 5.74) is -0.259. The van der Waals surface area contributed by atoms with Gasteiger partial charge in [-0.15, -0.1) is 0 Å². The van der Waals surface area contributed by atoms with E-state index in [9.17, 15) is 14.9 Å². The van der Waals surface area contributed by atoms with E-state index >= 15 is 0 Å². The smallest absolute Gasteiger partial charge is 0.285 e. The highest BCUT2D eigenvalue weighted by atomic mass is 16.6. The molecule has 0 aromatic carbocycles. The monoisotopic (exact) mass is 225 g/mol. The fourth-order valence-corrected chi connectivity index (χ4v) is 1.35. The van der Waals surface area contributed by atoms with Crippen LogP contribution in [0, 0.1) is 10.1 Å². The zero-order valence-corrected chi connectivity index (χ0v) is 9.18. The molecule has 0 aliphatic rings. The number of rotatable bonds is 6. The van der Waals surface area contributed by atoms with E-state index in [-0.39, 0.29) is 11.2 Å². The molecule has 0 atom stereocenters. The molecule has 0 aliphatic heterocycles. The van der Waals surface area contributed by atoms with Crippen LogP contribution in [-0.2, 0) is 6.54 Å². The fourth-order valence-electron chi connectivity index (χ4n) is 1.35. The Labute approximate surface area is 93.1 Å². The summed E-state index contributed by atoms with van der Waals surface area (Å²) in [6.07, 6.45) is 2.06. The standard InChI is InChI=1S/C10H15N3O3/c1-2-11-6-3-7-12-8-9(13(15)16)4-5-10(12)14/h4-5,8,11H,2-3,6-7H2,1H3. The van der Waals surface area contributed by atoms with E-state index < -0.39 is 4.92 Å². The molecule has 1 aromatic rings. The third-order valence-electron chi connectivity index (χ3n) is 2.18. The lowest BCUT2D eigenvalue weighted by Crippen LogP contribution is -2.22. The van der Waals surface area contributed by atoms with E-state index in [0.717, 1.165) is 19.5 Å². The predicted molar refractivity (Wildman–Crippen MR) is 60.5 cm³/mol. The van der Waals surface area contributed by atoms with Gasteiger partial charge in [-0.3, -0.25) is 14.9 Å². The van der Waals surface area contributed by atoms with Gasteiger partial charge in [0.1, 0.15) is 0 Å². The third-order valence-corrected chi connectivity index (χ3v) is 2.18. The molecule has 0 aliphatic carbocycles. The highest BCUT2D eigenvalue weighted by Crippen LogP contribution is 2.06. The Morgan fingerprint density at radius 2 is 2.25 bits per heavy atom. The number of pyridine rings is 1. The second-order valence-corrected chi connectivity index (χ2v) is 3.38. The molecule has 6 heteroatoms. The Bertz CT molecular complexity index is 414. The number of nitrogens with zero attached hydrogens (tertiary/aromatic N) is 2. The molecule has 0 fully saturated rings. The normalized spacial score (nSPS) is 10.3. The van der Waals surface area contributed by atoms with Gasteiger partial charge in [0.15, 0.2) is 0 Å². The average molecular weight is 225 g/mol. The van der Waals surface area contributed by atoms with Gasteiger partial charge in [-0.1, -0.05) is 6.92 Å². The summed E-state index contributed by atoms with van der Waals surface area (Å²) in [7, 11) is 0. The molecular weight excluding hydrogens is 210 g/mol. The fraction of sp³-hybridized carbons (Fsp3) is 0.500.